The molecule has 2 aliphatic rings. The quantitative estimate of drug-likeness (QED) is 0.183. The molecular formula is C36H28Cl4F2O2S. The molecule has 0 heterocycles. The van der Waals surface area contributed by atoms with E-state index in [1.165, 1.54) is 24.3 Å². The van der Waals surface area contributed by atoms with E-state index in [1.807, 2.05) is 24.3 Å². The van der Waals surface area contributed by atoms with Crippen LogP contribution in [0, 0.1) is 11.6 Å². The fourth-order valence-electron chi connectivity index (χ4n) is 6.36. The third-order valence-corrected chi connectivity index (χ3v) is 11.5. The first kappa shape index (κ1) is 32.3. The minimum atomic E-state index is -3.88. The average molecular weight is 704 g/mol. The molecule has 0 N–H and O–H groups in total. The zero-order chi connectivity index (χ0) is 31.9. The lowest BCUT2D eigenvalue weighted by molar-refractivity contribution is 0.580. The molecule has 0 amide bonds. The summed E-state index contributed by atoms with van der Waals surface area (Å²) in [6.07, 6.45) is 5.02. The van der Waals surface area contributed by atoms with Crippen LogP contribution in [-0.2, 0) is 21.3 Å². The smallest absolute Gasteiger partial charge is 0.158 e. The predicted octanol–water partition coefficient (Wildman–Crippen LogP) is 11.9. The molecule has 0 spiro atoms. The van der Waals surface area contributed by atoms with Crippen molar-refractivity contribution in [2.45, 2.75) is 50.0 Å². The van der Waals surface area contributed by atoms with Gasteiger partial charge >= 0.3 is 0 Å². The number of halogens is 6. The second kappa shape index (κ2) is 13.2. The van der Waals surface area contributed by atoms with E-state index in [2.05, 4.69) is 0 Å². The van der Waals surface area contributed by atoms with Gasteiger partial charge < -0.3 is 0 Å². The molecule has 0 saturated heterocycles. The second-order valence-electron chi connectivity index (χ2n) is 11.5. The third kappa shape index (κ3) is 7.03. The Hall–Kier alpha value is -2.67. The molecule has 2 nitrogen and oxygen atoms in total. The minimum absolute atomic E-state index is 0.0489. The summed E-state index contributed by atoms with van der Waals surface area (Å²) in [5.74, 6) is -2.29. The molecular weight excluding hydrogens is 676 g/mol. The Morgan fingerprint density at radius 2 is 0.822 bits per heavy atom. The van der Waals surface area contributed by atoms with Crippen LogP contribution in [0.15, 0.2) is 72.8 Å². The van der Waals surface area contributed by atoms with Gasteiger partial charge in [0.15, 0.2) is 9.84 Å². The molecule has 0 radical (unpaired) electrons. The van der Waals surface area contributed by atoms with Gasteiger partial charge in [-0.15, -0.1) is 0 Å². The molecule has 4 aromatic rings. The van der Waals surface area contributed by atoms with Gasteiger partial charge in [-0.3, -0.25) is 0 Å². The Kier molecular flexibility index (Phi) is 9.48. The highest BCUT2D eigenvalue weighted by Crippen LogP contribution is 2.43. The van der Waals surface area contributed by atoms with E-state index in [4.69, 9.17) is 46.4 Å². The van der Waals surface area contributed by atoms with Gasteiger partial charge in [-0.1, -0.05) is 82.8 Å². The maximum absolute atomic E-state index is 15.3. The summed E-state index contributed by atoms with van der Waals surface area (Å²) in [5, 5.41) is 1.84. The van der Waals surface area contributed by atoms with Crippen molar-refractivity contribution in [1.82, 2.24) is 0 Å². The molecule has 0 aliphatic heterocycles. The number of hydrogen-bond donors (Lipinski definition) is 0. The molecule has 0 atom stereocenters. The highest BCUT2D eigenvalue weighted by Gasteiger charge is 2.23. The number of benzene rings is 4. The average Bonchev–Trinajstić information content (AvgIpc) is 3.69. The van der Waals surface area contributed by atoms with Crippen molar-refractivity contribution in [3.8, 4) is 0 Å². The third-order valence-electron chi connectivity index (χ3n) is 8.53. The SMILES string of the molecule is O=S(=O)(Cc1ccc(C2=C(c3ccc(Cl)c(Cl)c3)CCC2)cc1F)Cc1ccc(C2=C(c3ccc(Cl)c(Cl)c3)CCC2)cc1F. The minimum Gasteiger partial charge on any atom is -0.228 e. The van der Waals surface area contributed by atoms with Crippen molar-refractivity contribution >= 4 is 78.5 Å². The van der Waals surface area contributed by atoms with Gasteiger partial charge in [0.25, 0.3) is 0 Å². The first-order valence-electron chi connectivity index (χ1n) is 14.6. The molecule has 232 valence electrons. The maximum Gasteiger partial charge on any atom is 0.158 e. The molecule has 4 aromatic carbocycles. The van der Waals surface area contributed by atoms with Crippen LogP contribution in [0.4, 0.5) is 8.78 Å². The van der Waals surface area contributed by atoms with E-state index in [0.29, 0.717) is 31.2 Å². The van der Waals surface area contributed by atoms with Crippen molar-refractivity contribution < 1.29 is 17.2 Å². The van der Waals surface area contributed by atoms with Crippen LogP contribution >= 0.6 is 46.4 Å². The van der Waals surface area contributed by atoms with Crippen molar-refractivity contribution in [3.05, 3.63) is 138 Å². The van der Waals surface area contributed by atoms with E-state index in [9.17, 15) is 8.42 Å². The lowest BCUT2D eigenvalue weighted by atomic mass is 9.96. The van der Waals surface area contributed by atoms with Crippen LogP contribution in [0.3, 0.4) is 0 Å². The monoisotopic (exact) mass is 702 g/mol. The normalized spacial score (nSPS) is 15.4. The van der Waals surface area contributed by atoms with E-state index < -0.39 is 33.0 Å². The Morgan fingerprint density at radius 3 is 1.16 bits per heavy atom. The van der Waals surface area contributed by atoms with E-state index >= 15 is 8.78 Å². The second-order valence-corrected chi connectivity index (χ2v) is 15.2. The number of sulfone groups is 1. The van der Waals surface area contributed by atoms with E-state index in [0.717, 1.165) is 71.9 Å². The van der Waals surface area contributed by atoms with Crippen LogP contribution in [0.5, 0.6) is 0 Å². The summed E-state index contributed by atoms with van der Waals surface area (Å²) >= 11 is 24.6. The molecule has 0 bridgehead atoms. The lowest BCUT2D eigenvalue weighted by Crippen LogP contribution is -2.10. The molecule has 0 saturated carbocycles. The van der Waals surface area contributed by atoms with Gasteiger partial charge in [-0.25, -0.2) is 17.2 Å². The molecule has 2 aliphatic carbocycles. The van der Waals surface area contributed by atoms with Crippen LogP contribution in [0.2, 0.25) is 20.1 Å². The van der Waals surface area contributed by atoms with Crippen LogP contribution in [-0.4, -0.2) is 8.42 Å². The van der Waals surface area contributed by atoms with Crippen LogP contribution in [0.25, 0.3) is 22.3 Å². The predicted molar refractivity (Wildman–Crippen MR) is 183 cm³/mol. The topological polar surface area (TPSA) is 34.1 Å². The zero-order valence-electron chi connectivity index (χ0n) is 24.1. The first-order chi connectivity index (χ1) is 21.5. The van der Waals surface area contributed by atoms with E-state index in [1.54, 1.807) is 24.3 Å². The summed E-state index contributed by atoms with van der Waals surface area (Å²) in [6.45, 7) is 0. The van der Waals surface area contributed by atoms with Crippen molar-refractivity contribution in [2.75, 3.05) is 0 Å². The highest BCUT2D eigenvalue weighted by molar-refractivity contribution is 7.89. The first-order valence-corrected chi connectivity index (χ1v) is 18.0. The van der Waals surface area contributed by atoms with Gasteiger partial charge in [0, 0.05) is 11.1 Å². The summed E-state index contributed by atoms with van der Waals surface area (Å²) in [4.78, 5) is 0. The summed E-state index contributed by atoms with van der Waals surface area (Å²) < 4.78 is 57.0. The largest absolute Gasteiger partial charge is 0.228 e. The molecule has 0 unspecified atom stereocenters. The molecule has 9 heteroatoms. The van der Waals surface area contributed by atoms with Crippen molar-refractivity contribution in [3.63, 3.8) is 0 Å². The Balaban J connectivity index is 1.20. The summed E-state index contributed by atoms with van der Waals surface area (Å²) in [6, 6.07) is 20.2. The summed E-state index contributed by atoms with van der Waals surface area (Å²) in [5.41, 5.74) is 7.53. The standard InChI is InChI=1S/C36H28Cl4F2O2S/c37-31-13-11-21(15-33(31)39)27-3-1-5-29(27)23-7-9-25(35(41)17-23)19-45(43,44)20-26-10-8-24(18-36(26)42)30-6-2-4-28(30)22-12-14-32(38)34(40)16-22/h7-18H,1-6,19-20H2. The van der Waals surface area contributed by atoms with Gasteiger partial charge in [0.1, 0.15) is 11.6 Å². The Bertz CT molecular complexity index is 1860. The number of allylic oxidation sites excluding steroid dienone is 4. The zero-order valence-corrected chi connectivity index (χ0v) is 27.9. The molecule has 0 fully saturated rings. The van der Waals surface area contributed by atoms with Crippen molar-refractivity contribution in [2.24, 2.45) is 0 Å². The molecule has 45 heavy (non-hydrogen) atoms. The number of hydrogen-bond acceptors (Lipinski definition) is 2. The highest BCUT2D eigenvalue weighted by atomic mass is 35.5. The van der Waals surface area contributed by atoms with Crippen LogP contribution in [0.1, 0.15) is 71.9 Å². The van der Waals surface area contributed by atoms with Crippen LogP contribution < -0.4 is 0 Å². The van der Waals surface area contributed by atoms with Crippen molar-refractivity contribution in [1.29, 1.82) is 0 Å². The van der Waals surface area contributed by atoms with Gasteiger partial charge in [-0.2, -0.15) is 0 Å². The molecule has 0 aromatic heterocycles. The Morgan fingerprint density at radius 1 is 0.489 bits per heavy atom. The maximum atomic E-state index is 15.3. The van der Waals surface area contributed by atoms with Gasteiger partial charge in [0.05, 0.1) is 31.6 Å². The summed E-state index contributed by atoms with van der Waals surface area (Å²) in [7, 11) is -3.88. The van der Waals surface area contributed by atoms with Gasteiger partial charge in [-0.05, 0) is 119 Å². The van der Waals surface area contributed by atoms with E-state index in [-0.39, 0.29) is 11.1 Å². The van der Waals surface area contributed by atoms with Gasteiger partial charge in [0.2, 0.25) is 0 Å². The molecule has 6 rings (SSSR count). The fraction of sp³-hybridized carbons (Fsp3) is 0.222. The number of rotatable bonds is 8. The lowest BCUT2D eigenvalue weighted by Gasteiger charge is -2.13. The fourth-order valence-corrected chi connectivity index (χ4v) is 8.47. The Labute approximate surface area is 282 Å².